The molecule has 0 saturated carbocycles. The van der Waals surface area contributed by atoms with Gasteiger partial charge in [0.1, 0.15) is 6.04 Å². The van der Waals surface area contributed by atoms with E-state index >= 15 is 0 Å². The van der Waals surface area contributed by atoms with Gasteiger partial charge in [-0.15, -0.1) is 0 Å². The van der Waals surface area contributed by atoms with Crippen molar-refractivity contribution in [2.24, 2.45) is 11.7 Å². The molecule has 3 N–H and O–H groups in total. The number of nitrogens with two attached hydrogens (primary N) is 1. The monoisotopic (exact) mass is 292 g/mol. The maximum Gasteiger partial charge on any atom is 0.337 e. The molecular formula is C15H20N2O4. The van der Waals surface area contributed by atoms with Crippen molar-refractivity contribution in [2.45, 2.75) is 26.3 Å². The second-order valence-electron chi connectivity index (χ2n) is 4.81. The van der Waals surface area contributed by atoms with Crippen LogP contribution in [-0.2, 0) is 9.53 Å². The number of primary amides is 1. The molecule has 0 aliphatic heterocycles. The molecule has 0 unspecified atom stereocenters. The Labute approximate surface area is 123 Å². The lowest BCUT2D eigenvalue weighted by Gasteiger charge is -2.21. The third kappa shape index (κ3) is 4.30. The van der Waals surface area contributed by atoms with E-state index in [4.69, 9.17) is 5.73 Å². The van der Waals surface area contributed by atoms with Crippen LogP contribution in [0.4, 0.5) is 0 Å². The molecular weight excluding hydrogens is 272 g/mol. The van der Waals surface area contributed by atoms with Crippen LogP contribution in [0.5, 0.6) is 0 Å². The van der Waals surface area contributed by atoms with Crippen molar-refractivity contribution in [3.05, 3.63) is 35.4 Å². The van der Waals surface area contributed by atoms with Crippen molar-refractivity contribution in [1.82, 2.24) is 5.32 Å². The summed E-state index contributed by atoms with van der Waals surface area (Å²) in [6, 6.07) is 5.34. The van der Waals surface area contributed by atoms with Crippen LogP contribution in [0.3, 0.4) is 0 Å². The number of hydrogen-bond donors (Lipinski definition) is 2. The summed E-state index contributed by atoms with van der Waals surface area (Å²) in [5.41, 5.74) is 5.85. The van der Waals surface area contributed by atoms with Crippen LogP contribution >= 0.6 is 0 Å². The van der Waals surface area contributed by atoms with Crippen LogP contribution in [0.15, 0.2) is 24.3 Å². The van der Waals surface area contributed by atoms with Gasteiger partial charge in [0.25, 0.3) is 5.91 Å². The zero-order valence-electron chi connectivity index (χ0n) is 12.4. The number of hydrogen-bond acceptors (Lipinski definition) is 4. The summed E-state index contributed by atoms with van der Waals surface area (Å²) < 4.78 is 4.60. The second kappa shape index (κ2) is 7.42. The van der Waals surface area contributed by atoms with E-state index in [2.05, 4.69) is 10.1 Å². The number of nitrogens with one attached hydrogen (secondary N) is 1. The number of amides is 2. The first-order valence-corrected chi connectivity index (χ1v) is 6.69. The lowest BCUT2D eigenvalue weighted by molar-refractivity contribution is -0.120. The second-order valence-corrected chi connectivity index (χ2v) is 4.81. The molecule has 2 amide bonds. The number of ether oxygens (including phenoxy) is 1. The lowest BCUT2D eigenvalue weighted by Crippen LogP contribution is -2.48. The molecule has 0 saturated heterocycles. The van der Waals surface area contributed by atoms with Gasteiger partial charge in [0.2, 0.25) is 5.91 Å². The Morgan fingerprint density at radius 3 is 2.43 bits per heavy atom. The molecule has 2 atom stereocenters. The molecule has 0 spiro atoms. The molecule has 6 heteroatoms. The standard InChI is InChI=1S/C15H20N2O4/c1-4-9(2)12(13(16)18)17-14(19)10-6-5-7-11(8-10)15(20)21-3/h5-9,12H,4H2,1-3H3,(H2,16,18)(H,17,19)/t9-,12-/m1/s1. The van der Waals surface area contributed by atoms with Gasteiger partial charge in [-0.1, -0.05) is 26.3 Å². The average molecular weight is 292 g/mol. The zero-order valence-corrected chi connectivity index (χ0v) is 12.4. The predicted octanol–water partition coefficient (Wildman–Crippen LogP) is 1.10. The van der Waals surface area contributed by atoms with Crippen molar-refractivity contribution in [2.75, 3.05) is 7.11 Å². The number of rotatable bonds is 6. The zero-order chi connectivity index (χ0) is 16.0. The van der Waals surface area contributed by atoms with Crippen LogP contribution in [0.2, 0.25) is 0 Å². The highest BCUT2D eigenvalue weighted by atomic mass is 16.5. The van der Waals surface area contributed by atoms with Crippen molar-refractivity contribution in [3.63, 3.8) is 0 Å². The average Bonchev–Trinajstić information content (AvgIpc) is 2.50. The number of benzene rings is 1. The first-order valence-electron chi connectivity index (χ1n) is 6.69. The SMILES string of the molecule is CC[C@@H](C)[C@@H](NC(=O)c1cccc(C(=O)OC)c1)C(N)=O. The van der Waals surface area contributed by atoms with Crippen molar-refractivity contribution >= 4 is 17.8 Å². The molecule has 0 bridgehead atoms. The highest BCUT2D eigenvalue weighted by molar-refractivity contribution is 5.99. The van der Waals surface area contributed by atoms with Gasteiger partial charge < -0.3 is 15.8 Å². The smallest absolute Gasteiger partial charge is 0.337 e. The number of carbonyl (C=O) groups excluding carboxylic acids is 3. The third-order valence-corrected chi connectivity index (χ3v) is 3.35. The van der Waals surface area contributed by atoms with Gasteiger partial charge in [-0.2, -0.15) is 0 Å². The minimum Gasteiger partial charge on any atom is -0.465 e. The Balaban J connectivity index is 2.93. The molecule has 0 fully saturated rings. The summed E-state index contributed by atoms with van der Waals surface area (Å²) in [7, 11) is 1.27. The van der Waals surface area contributed by atoms with Gasteiger partial charge in [0.15, 0.2) is 0 Å². The highest BCUT2D eigenvalue weighted by Crippen LogP contribution is 2.10. The summed E-state index contributed by atoms with van der Waals surface area (Å²) in [6.07, 6.45) is 0.704. The Hall–Kier alpha value is -2.37. The van der Waals surface area contributed by atoms with Crippen LogP contribution < -0.4 is 11.1 Å². The molecule has 0 aliphatic carbocycles. The Kier molecular flexibility index (Phi) is 5.90. The van der Waals surface area contributed by atoms with Crippen molar-refractivity contribution in [3.8, 4) is 0 Å². The van der Waals surface area contributed by atoms with Gasteiger partial charge in [-0.3, -0.25) is 9.59 Å². The number of methoxy groups -OCH3 is 1. The van der Waals surface area contributed by atoms with Crippen LogP contribution in [-0.4, -0.2) is 30.9 Å². The molecule has 21 heavy (non-hydrogen) atoms. The molecule has 1 rings (SSSR count). The maximum absolute atomic E-state index is 12.2. The maximum atomic E-state index is 12.2. The van der Waals surface area contributed by atoms with Gasteiger partial charge in [0.05, 0.1) is 12.7 Å². The molecule has 0 aliphatic rings. The van der Waals surface area contributed by atoms with Crippen LogP contribution in [0, 0.1) is 5.92 Å². The lowest BCUT2D eigenvalue weighted by atomic mass is 9.98. The van der Waals surface area contributed by atoms with Gasteiger partial charge in [0, 0.05) is 5.56 Å². The van der Waals surface area contributed by atoms with E-state index in [0.29, 0.717) is 6.42 Å². The van der Waals surface area contributed by atoms with Crippen LogP contribution in [0.1, 0.15) is 41.0 Å². The molecule has 6 nitrogen and oxygen atoms in total. The first-order chi connectivity index (χ1) is 9.90. The van der Waals surface area contributed by atoms with E-state index in [1.165, 1.54) is 13.2 Å². The Morgan fingerprint density at radius 2 is 1.90 bits per heavy atom. The van der Waals surface area contributed by atoms with E-state index in [1.807, 2.05) is 13.8 Å². The molecule has 114 valence electrons. The Bertz CT molecular complexity index is 542. The van der Waals surface area contributed by atoms with Gasteiger partial charge in [-0.25, -0.2) is 4.79 Å². The van der Waals surface area contributed by atoms with E-state index in [1.54, 1.807) is 18.2 Å². The summed E-state index contributed by atoms with van der Waals surface area (Å²) in [6.45, 7) is 3.74. The number of carbonyl (C=O) groups is 3. The van der Waals surface area contributed by atoms with Gasteiger partial charge >= 0.3 is 5.97 Å². The van der Waals surface area contributed by atoms with E-state index in [9.17, 15) is 14.4 Å². The predicted molar refractivity (Wildman–Crippen MR) is 77.7 cm³/mol. The summed E-state index contributed by atoms with van der Waals surface area (Å²) in [5.74, 6) is -1.64. The van der Waals surface area contributed by atoms with Crippen molar-refractivity contribution < 1.29 is 19.1 Å². The fourth-order valence-electron chi connectivity index (χ4n) is 1.86. The summed E-state index contributed by atoms with van der Waals surface area (Å²) >= 11 is 0. The Morgan fingerprint density at radius 1 is 1.29 bits per heavy atom. The topological polar surface area (TPSA) is 98.5 Å². The largest absolute Gasteiger partial charge is 0.465 e. The molecule has 1 aromatic rings. The van der Waals surface area contributed by atoms with E-state index in [-0.39, 0.29) is 17.0 Å². The molecule has 0 aromatic heterocycles. The molecule has 1 aromatic carbocycles. The van der Waals surface area contributed by atoms with E-state index in [0.717, 1.165) is 0 Å². The quantitative estimate of drug-likeness (QED) is 0.767. The number of esters is 1. The van der Waals surface area contributed by atoms with Crippen LogP contribution in [0.25, 0.3) is 0 Å². The summed E-state index contributed by atoms with van der Waals surface area (Å²) in [4.78, 5) is 35.0. The normalized spacial score (nSPS) is 13.1. The molecule has 0 heterocycles. The van der Waals surface area contributed by atoms with Crippen molar-refractivity contribution in [1.29, 1.82) is 0 Å². The molecule has 0 radical (unpaired) electrons. The minimum absolute atomic E-state index is 0.0739. The highest BCUT2D eigenvalue weighted by Gasteiger charge is 2.24. The van der Waals surface area contributed by atoms with E-state index < -0.39 is 23.8 Å². The van der Waals surface area contributed by atoms with Gasteiger partial charge in [-0.05, 0) is 24.1 Å². The summed E-state index contributed by atoms with van der Waals surface area (Å²) in [5, 5.41) is 2.60. The first kappa shape index (κ1) is 16.7. The fourth-order valence-corrected chi connectivity index (χ4v) is 1.86. The minimum atomic E-state index is -0.746. The fraction of sp³-hybridized carbons (Fsp3) is 0.400. The third-order valence-electron chi connectivity index (χ3n) is 3.35.